The zero-order valence-corrected chi connectivity index (χ0v) is 12.4. The normalized spacial score (nSPS) is 18.8. The number of nitriles is 1. The minimum Gasteiger partial charge on any atom is -0.294 e. The van der Waals surface area contributed by atoms with Gasteiger partial charge in [0.2, 0.25) is 0 Å². The molecule has 1 atom stereocenters. The zero-order valence-electron chi connectivity index (χ0n) is 12.4. The lowest BCUT2D eigenvalue weighted by Crippen LogP contribution is -2.32. The highest BCUT2D eigenvalue weighted by Crippen LogP contribution is 2.21. The van der Waals surface area contributed by atoms with Gasteiger partial charge < -0.3 is 0 Å². The summed E-state index contributed by atoms with van der Waals surface area (Å²) in [5, 5.41) is 13.4. The van der Waals surface area contributed by atoms with E-state index in [1.807, 2.05) is 29.1 Å². The summed E-state index contributed by atoms with van der Waals surface area (Å²) in [6.45, 7) is 5.07. The maximum absolute atomic E-state index is 9.00. The molecule has 0 saturated carbocycles. The van der Waals surface area contributed by atoms with Gasteiger partial charge in [0.05, 0.1) is 24.4 Å². The molecule has 0 spiro atoms. The molecule has 108 valence electrons. The van der Waals surface area contributed by atoms with Gasteiger partial charge in [-0.1, -0.05) is 12.1 Å². The van der Waals surface area contributed by atoms with Gasteiger partial charge in [0, 0.05) is 18.8 Å². The van der Waals surface area contributed by atoms with E-state index >= 15 is 0 Å². The fourth-order valence-corrected chi connectivity index (χ4v) is 3.07. The van der Waals surface area contributed by atoms with Crippen molar-refractivity contribution in [2.24, 2.45) is 0 Å². The van der Waals surface area contributed by atoms with E-state index in [1.54, 1.807) is 0 Å². The Kier molecular flexibility index (Phi) is 4.03. The van der Waals surface area contributed by atoms with E-state index in [0.717, 1.165) is 25.2 Å². The Balaban J connectivity index is 1.67. The first kappa shape index (κ1) is 13.8. The van der Waals surface area contributed by atoms with Crippen molar-refractivity contribution in [2.45, 2.75) is 38.9 Å². The summed E-state index contributed by atoms with van der Waals surface area (Å²) in [4.78, 5) is 2.51. The Morgan fingerprint density at radius 3 is 3.10 bits per heavy atom. The van der Waals surface area contributed by atoms with Crippen LogP contribution in [0.4, 0.5) is 0 Å². The topological polar surface area (TPSA) is 44.9 Å². The van der Waals surface area contributed by atoms with Crippen LogP contribution in [0.1, 0.15) is 29.5 Å². The van der Waals surface area contributed by atoms with Crippen molar-refractivity contribution in [1.29, 1.82) is 5.26 Å². The molecular weight excluding hydrogens is 260 g/mol. The average Bonchev–Trinajstić information content (AvgIpc) is 3.09. The van der Waals surface area contributed by atoms with Crippen LogP contribution in [0.15, 0.2) is 36.7 Å². The van der Waals surface area contributed by atoms with Gasteiger partial charge >= 0.3 is 0 Å². The van der Waals surface area contributed by atoms with Crippen molar-refractivity contribution in [3.63, 3.8) is 0 Å². The van der Waals surface area contributed by atoms with E-state index in [1.165, 1.54) is 24.0 Å². The molecule has 1 aliphatic rings. The maximum Gasteiger partial charge on any atom is 0.0991 e. The molecule has 0 bridgehead atoms. The van der Waals surface area contributed by atoms with Crippen molar-refractivity contribution in [2.75, 3.05) is 6.54 Å². The fraction of sp³-hybridized carbons (Fsp3) is 0.412. The summed E-state index contributed by atoms with van der Waals surface area (Å²) in [5.41, 5.74) is 3.17. The van der Waals surface area contributed by atoms with E-state index in [0.29, 0.717) is 6.04 Å². The first-order valence-corrected chi connectivity index (χ1v) is 7.47. The standard InChI is InChI=1S/C17H20N4/c1-14-10-19-21(11-14)13-17-6-3-7-20(17)12-16-5-2-4-15(8-16)9-18/h2,4-5,8,10-11,17H,3,6-7,12-13H2,1H3/t17-/m0/s1. The quantitative estimate of drug-likeness (QED) is 0.865. The first-order chi connectivity index (χ1) is 10.2. The second-order valence-electron chi connectivity index (χ2n) is 5.82. The Hall–Kier alpha value is -2.12. The van der Waals surface area contributed by atoms with Crippen LogP contribution in [0.3, 0.4) is 0 Å². The van der Waals surface area contributed by atoms with Gasteiger partial charge in [0.25, 0.3) is 0 Å². The van der Waals surface area contributed by atoms with Crippen molar-refractivity contribution in [3.8, 4) is 6.07 Å². The minimum absolute atomic E-state index is 0.537. The number of rotatable bonds is 4. The number of hydrogen-bond donors (Lipinski definition) is 0. The Bertz CT molecular complexity index is 653. The lowest BCUT2D eigenvalue weighted by molar-refractivity contribution is 0.219. The monoisotopic (exact) mass is 280 g/mol. The molecule has 21 heavy (non-hydrogen) atoms. The highest BCUT2D eigenvalue weighted by molar-refractivity contribution is 5.32. The summed E-state index contributed by atoms with van der Waals surface area (Å²) >= 11 is 0. The van der Waals surface area contributed by atoms with Crippen LogP contribution >= 0.6 is 0 Å². The third-order valence-electron chi connectivity index (χ3n) is 4.10. The van der Waals surface area contributed by atoms with Crippen LogP contribution in [0.25, 0.3) is 0 Å². The third kappa shape index (κ3) is 3.32. The fourth-order valence-electron chi connectivity index (χ4n) is 3.07. The maximum atomic E-state index is 9.00. The molecule has 1 fully saturated rings. The molecule has 4 heteroatoms. The van der Waals surface area contributed by atoms with Crippen molar-refractivity contribution < 1.29 is 0 Å². The van der Waals surface area contributed by atoms with E-state index in [2.05, 4.69) is 35.3 Å². The van der Waals surface area contributed by atoms with Gasteiger partial charge in [-0.15, -0.1) is 0 Å². The average molecular weight is 280 g/mol. The van der Waals surface area contributed by atoms with E-state index in [9.17, 15) is 0 Å². The number of nitrogens with zero attached hydrogens (tertiary/aromatic N) is 4. The second-order valence-corrected chi connectivity index (χ2v) is 5.82. The van der Waals surface area contributed by atoms with E-state index in [4.69, 9.17) is 5.26 Å². The van der Waals surface area contributed by atoms with Crippen molar-refractivity contribution >= 4 is 0 Å². The molecule has 1 aliphatic heterocycles. The zero-order chi connectivity index (χ0) is 14.7. The largest absolute Gasteiger partial charge is 0.294 e. The summed E-state index contributed by atoms with van der Waals surface area (Å²) in [5.74, 6) is 0. The van der Waals surface area contributed by atoms with Gasteiger partial charge in [-0.25, -0.2) is 0 Å². The molecule has 2 heterocycles. The summed E-state index contributed by atoms with van der Waals surface area (Å²) < 4.78 is 2.05. The molecular formula is C17H20N4. The SMILES string of the molecule is Cc1cnn(C[C@@H]2CCCN2Cc2cccc(C#N)c2)c1. The van der Waals surface area contributed by atoms with Gasteiger partial charge in [0.1, 0.15) is 0 Å². The number of hydrogen-bond acceptors (Lipinski definition) is 3. The molecule has 1 saturated heterocycles. The van der Waals surface area contributed by atoms with Gasteiger partial charge in [-0.05, 0) is 49.6 Å². The van der Waals surface area contributed by atoms with Crippen LogP contribution in [-0.2, 0) is 13.1 Å². The molecule has 1 aromatic carbocycles. The Morgan fingerprint density at radius 2 is 2.33 bits per heavy atom. The summed E-state index contributed by atoms with van der Waals surface area (Å²) in [6.07, 6.45) is 6.47. The summed E-state index contributed by atoms with van der Waals surface area (Å²) in [6, 6.07) is 10.7. The van der Waals surface area contributed by atoms with Crippen LogP contribution in [0.5, 0.6) is 0 Å². The second kappa shape index (κ2) is 6.11. The Labute approximate surface area is 125 Å². The highest BCUT2D eigenvalue weighted by atomic mass is 15.3. The predicted octanol–water partition coefficient (Wildman–Crippen LogP) is 2.73. The van der Waals surface area contributed by atoms with Crippen LogP contribution in [-0.4, -0.2) is 27.3 Å². The molecule has 1 aromatic heterocycles. The van der Waals surface area contributed by atoms with E-state index < -0.39 is 0 Å². The number of benzene rings is 1. The molecule has 0 N–H and O–H groups in total. The van der Waals surface area contributed by atoms with Gasteiger partial charge in [-0.2, -0.15) is 10.4 Å². The van der Waals surface area contributed by atoms with Gasteiger partial charge in [0.15, 0.2) is 0 Å². The number of aromatic nitrogens is 2. The number of aryl methyl sites for hydroxylation is 1. The third-order valence-corrected chi connectivity index (χ3v) is 4.10. The highest BCUT2D eigenvalue weighted by Gasteiger charge is 2.25. The first-order valence-electron chi connectivity index (χ1n) is 7.47. The molecule has 4 nitrogen and oxygen atoms in total. The van der Waals surface area contributed by atoms with Crippen molar-refractivity contribution in [3.05, 3.63) is 53.3 Å². The van der Waals surface area contributed by atoms with Crippen molar-refractivity contribution in [1.82, 2.24) is 14.7 Å². The van der Waals surface area contributed by atoms with Crippen LogP contribution in [0.2, 0.25) is 0 Å². The lowest BCUT2D eigenvalue weighted by Gasteiger charge is -2.24. The van der Waals surface area contributed by atoms with Crippen LogP contribution in [0, 0.1) is 18.3 Å². The molecule has 2 aromatic rings. The number of likely N-dealkylation sites (tertiary alicyclic amines) is 1. The van der Waals surface area contributed by atoms with Gasteiger partial charge in [-0.3, -0.25) is 9.58 Å². The van der Waals surface area contributed by atoms with Crippen LogP contribution < -0.4 is 0 Å². The smallest absolute Gasteiger partial charge is 0.0991 e. The Morgan fingerprint density at radius 1 is 1.43 bits per heavy atom. The molecule has 0 aliphatic carbocycles. The molecule has 0 amide bonds. The van der Waals surface area contributed by atoms with E-state index in [-0.39, 0.29) is 0 Å². The molecule has 0 unspecified atom stereocenters. The lowest BCUT2D eigenvalue weighted by atomic mass is 10.1. The summed E-state index contributed by atoms with van der Waals surface area (Å²) in [7, 11) is 0. The minimum atomic E-state index is 0.537. The predicted molar refractivity (Wildman–Crippen MR) is 81.6 cm³/mol. The molecule has 0 radical (unpaired) electrons. The molecule has 3 rings (SSSR count).